The van der Waals surface area contributed by atoms with E-state index < -0.39 is 0 Å². The number of aromatic nitrogens is 2. The first-order valence-corrected chi connectivity index (χ1v) is 3.00. The number of hydrogen-bond donors (Lipinski definition) is 2. The number of H-pyrrole nitrogens is 1. The van der Waals surface area contributed by atoms with Crippen LogP contribution in [0.15, 0.2) is 12.4 Å². The number of primary amides is 1. The number of nitrogens with one attached hydrogen (secondary N) is 1. The highest BCUT2D eigenvalue weighted by atomic mass is 16.1. The SMILES string of the molecule is C[n+]1cc[nH]c1CC(N)=O. The molecule has 3 N–H and O–H groups in total. The molecule has 4 heteroatoms. The van der Waals surface area contributed by atoms with Gasteiger partial charge in [-0.15, -0.1) is 0 Å². The molecule has 0 aliphatic carbocycles. The Labute approximate surface area is 58.7 Å². The fourth-order valence-electron chi connectivity index (χ4n) is 0.778. The third-order valence-corrected chi connectivity index (χ3v) is 1.32. The summed E-state index contributed by atoms with van der Waals surface area (Å²) >= 11 is 0. The van der Waals surface area contributed by atoms with Crippen molar-refractivity contribution >= 4 is 5.91 Å². The van der Waals surface area contributed by atoms with Gasteiger partial charge in [-0.2, -0.15) is 0 Å². The van der Waals surface area contributed by atoms with Crippen LogP contribution in [0.5, 0.6) is 0 Å². The molecule has 4 nitrogen and oxygen atoms in total. The van der Waals surface area contributed by atoms with Crippen LogP contribution in [0.1, 0.15) is 5.82 Å². The summed E-state index contributed by atoms with van der Waals surface area (Å²) in [4.78, 5) is 13.3. The number of carbonyl (C=O) groups excluding carboxylic acids is 1. The fraction of sp³-hybridized carbons (Fsp3) is 0.333. The number of carbonyl (C=O) groups is 1. The van der Waals surface area contributed by atoms with Crippen LogP contribution in [0.25, 0.3) is 0 Å². The van der Waals surface area contributed by atoms with Gasteiger partial charge in [0.15, 0.2) is 0 Å². The number of amides is 1. The zero-order chi connectivity index (χ0) is 7.56. The molecule has 1 heterocycles. The number of aromatic amines is 1. The van der Waals surface area contributed by atoms with E-state index in [0.717, 1.165) is 5.82 Å². The molecule has 0 fully saturated rings. The van der Waals surface area contributed by atoms with Crippen molar-refractivity contribution in [3.63, 3.8) is 0 Å². The highest BCUT2D eigenvalue weighted by molar-refractivity contribution is 5.75. The lowest BCUT2D eigenvalue weighted by Crippen LogP contribution is -2.33. The first-order valence-electron chi connectivity index (χ1n) is 3.00. The largest absolute Gasteiger partial charge is 0.369 e. The zero-order valence-electron chi connectivity index (χ0n) is 5.79. The van der Waals surface area contributed by atoms with Gasteiger partial charge < -0.3 is 5.73 Å². The molecule has 0 saturated carbocycles. The Kier molecular flexibility index (Phi) is 1.71. The summed E-state index contributed by atoms with van der Waals surface area (Å²) in [6, 6.07) is 0. The molecule has 1 aromatic rings. The molecule has 0 spiro atoms. The summed E-state index contributed by atoms with van der Waals surface area (Å²) < 4.78 is 1.82. The highest BCUT2D eigenvalue weighted by Crippen LogP contribution is 1.84. The molecule has 54 valence electrons. The van der Waals surface area contributed by atoms with E-state index in [-0.39, 0.29) is 12.3 Å². The monoisotopic (exact) mass is 140 g/mol. The Bertz CT molecular complexity index is 241. The molecule has 1 aromatic heterocycles. The molecule has 0 aromatic carbocycles. The molecular weight excluding hydrogens is 130 g/mol. The molecule has 0 bridgehead atoms. The van der Waals surface area contributed by atoms with Crippen LogP contribution in [-0.4, -0.2) is 10.9 Å². The van der Waals surface area contributed by atoms with Gasteiger partial charge in [0.2, 0.25) is 5.91 Å². The lowest BCUT2D eigenvalue weighted by molar-refractivity contribution is -0.677. The van der Waals surface area contributed by atoms with Crippen molar-refractivity contribution in [1.29, 1.82) is 0 Å². The van der Waals surface area contributed by atoms with Crippen molar-refractivity contribution in [2.75, 3.05) is 0 Å². The third-order valence-electron chi connectivity index (χ3n) is 1.32. The average Bonchev–Trinajstić information content (AvgIpc) is 2.15. The molecule has 0 atom stereocenters. The molecule has 0 radical (unpaired) electrons. The minimum Gasteiger partial charge on any atom is -0.369 e. The van der Waals surface area contributed by atoms with E-state index in [1.165, 1.54) is 0 Å². The van der Waals surface area contributed by atoms with E-state index >= 15 is 0 Å². The molecule has 1 rings (SSSR count). The van der Waals surface area contributed by atoms with Crippen LogP contribution >= 0.6 is 0 Å². The van der Waals surface area contributed by atoms with Crippen LogP contribution in [-0.2, 0) is 18.3 Å². The Hall–Kier alpha value is -1.32. The lowest BCUT2D eigenvalue weighted by atomic mass is 10.4. The molecule has 10 heavy (non-hydrogen) atoms. The standard InChI is InChI=1S/C6H9N3O/c1-9-3-2-8-6(9)4-5(7)10/h2-3H,4H2,1H3,(H2,7,10)/p+1. The van der Waals surface area contributed by atoms with Gasteiger partial charge in [-0.25, -0.2) is 9.55 Å². The maximum atomic E-state index is 10.4. The van der Waals surface area contributed by atoms with Crippen molar-refractivity contribution in [2.24, 2.45) is 12.8 Å². The first kappa shape index (κ1) is 6.80. The average molecular weight is 140 g/mol. The summed E-state index contributed by atoms with van der Waals surface area (Å²) in [5.74, 6) is 0.505. The normalized spacial score (nSPS) is 9.70. The molecular formula is C6H10N3O+. The van der Waals surface area contributed by atoms with E-state index in [0.29, 0.717) is 0 Å². The Morgan fingerprint density at radius 1 is 1.90 bits per heavy atom. The van der Waals surface area contributed by atoms with E-state index in [4.69, 9.17) is 5.73 Å². The van der Waals surface area contributed by atoms with Crippen LogP contribution < -0.4 is 10.3 Å². The van der Waals surface area contributed by atoms with Crippen molar-refractivity contribution in [3.8, 4) is 0 Å². The van der Waals surface area contributed by atoms with Gasteiger partial charge in [0, 0.05) is 0 Å². The van der Waals surface area contributed by atoms with E-state index in [2.05, 4.69) is 4.98 Å². The minimum atomic E-state index is -0.321. The second-order valence-corrected chi connectivity index (χ2v) is 2.16. The second kappa shape index (κ2) is 2.51. The maximum Gasteiger partial charge on any atom is 0.263 e. The summed E-state index contributed by atoms with van der Waals surface area (Å²) in [7, 11) is 1.86. The van der Waals surface area contributed by atoms with Crippen molar-refractivity contribution in [1.82, 2.24) is 4.98 Å². The van der Waals surface area contributed by atoms with E-state index in [1.54, 1.807) is 6.20 Å². The second-order valence-electron chi connectivity index (χ2n) is 2.16. The zero-order valence-corrected chi connectivity index (χ0v) is 5.79. The molecule has 0 aliphatic heterocycles. The minimum absolute atomic E-state index is 0.267. The van der Waals surface area contributed by atoms with Crippen LogP contribution in [0, 0.1) is 0 Å². The highest BCUT2D eigenvalue weighted by Gasteiger charge is 2.08. The molecule has 0 aliphatic rings. The summed E-state index contributed by atoms with van der Waals surface area (Å²) in [6.07, 6.45) is 3.86. The molecule has 0 unspecified atom stereocenters. The maximum absolute atomic E-state index is 10.4. The summed E-state index contributed by atoms with van der Waals surface area (Å²) in [5.41, 5.74) is 4.98. The molecule has 1 amide bonds. The quantitative estimate of drug-likeness (QED) is 0.501. The Balaban J connectivity index is 2.74. The van der Waals surface area contributed by atoms with Crippen molar-refractivity contribution in [2.45, 2.75) is 6.42 Å². The summed E-state index contributed by atoms with van der Waals surface area (Å²) in [6.45, 7) is 0. The number of rotatable bonds is 2. The van der Waals surface area contributed by atoms with E-state index in [1.807, 2.05) is 17.8 Å². The van der Waals surface area contributed by atoms with E-state index in [9.17, 15) is 4.79 Å². The third kappa shape index (κ3) is 1.34. The Morgan fingerprint density at radius 2 is 2.60 bits per heavy atom. The van der Waals surface area contributed by atoms with Gasteiger partial charge >= 0.3 is 0 Å². The lowest BCUT2D eigenvalue weighted by Gasteiger charge is -1.88. The Morgan fingerprint density at radius 3 is 3.00 bits per heavy atom. The van der Waals surface area contributed by atoms with Gasteiger partial charge in [-0.1, -0.05) is 0 Å². The number of imidazole rings is 1. The van der Waals surface area contributed by atoms with Gasteiger partial charge in [0.05, 0.1) is 7.05 Å². The van der Waals surface area contributed by atoms with Crippen LogP contribution in [0.4, 0.5) is 0 Å². The van der Waals surface area contributed by atoms with Crippen LogP contribution in [0.2, 0.25) is 0 Å². The van der Waals surface area contributed by atoms with Crippen molar-refractivity contribution < 1.29 is 9.36 Å². The topological polar surface area (TPSA) is 62.8 Å². The van der Waals surface area contributed by atoms with Crippen LogP contribution in [0.3, 0.4) is 0 Å². The first-order chi connectivity index (χ1) is 4.70. The fourth-order valence-corrected chi connectivity index (χ4v) is 0.778. The smallest absolute Gasteiger partial charge is 0.263 e. The van der Waals surface area contributed by atoms with Gasteiger partial charge in [-0.3, -0.25) is 4.79 Å². The van der Waals surface area contributed by atoms with Gasteiger partial charge in [-0.05, 0) is 0 Å². The number of nitrogens with two attached hydrogens (primary N) is 1. The van der Waals surface area contributed by atoms with Gasteiger partial charge in [0.25, 0.3) is 5.82 Å². The van der Waals surface area contributed by atoms with Crippen molar-refractivity contribution in [3.05, 3.63) is 18.2 Å². The number of nitrogens with zero attached hydrogens (tertiary/aromatic N) is 1. The molecule has 0 saturated heterocycles. The number of aryl methyl sites for hydroxylation is 1. The summed E-state index contributed by atoms with van der Waals surface area (Å²) in [5, 5.41) is 0. The number of hydrogen-bond acceptors (Lipinski definition) is 1. The predicted octanol–water partition coefficient (Wildman–Crippen LogP) is -1.13. The predicted molar refractivity (Wildman–Crippen MR) is 34.9 cm³/mol. The van der Waals surface area contributed by atoms with Gasteiger partial charge in [0.1, 0.15) is 18.8 Å².